The summed E-state index contributed by atoms with van der Waals surface area (Å²) in [5, 5.41) is 10.6. The monoisotopic (exact) mass is 310 g/mol. The minimum absolute atomic E-state index is 0.0504. The van der Waals surface area contributed by atoms with Crippen molar-refractivity contribution in [1.82, 2.24) is 0 Å². The van der Waals surface area contributed by atoms with E-state index in [-0.39, 0.29) is 18.0 Å². The maximum absolute atomic E-state index is 12.3. The lowest BCUT2D eigenvalue weighted by Gasteiger charge is -2.13. The summed E-state index contributed by atoms with van der Waals surface area (Å²) < 4.78 is 10.7. The summed E-state index contributed by atoms with van der Waals surface area (Å²) in [6.45, 7) is 0. The van der Waals surface area contributed by atoms with Crippen molar-refractivity contribution in [2.75, 3.05) is 14.2 Å². The Balaban J connectivity index is 2.02. The summed E-state index contributed by atoms with van der Waals surface area (Å²) >= 11 is 0. The number of hydrogen-bond donors (Lipinski definition) is 1. The van der Waals surface area contributed by atoms with Gasteiger partial charge in [0, 0.05) is 18.4 Å². The molecule has 0 heterocycles. The zero-order valence-corrected chi connectivity index (χ0v) is 13.1. The minimum Gasteiger partial charge on any atom is -0.511 e. The van der Waals surface area contributed by atoms with Crippen molar-refractivity contribution < 1.29 is 19.4 Å². The third-order valence-corrected chi connectivity index (χ3v) is 4.05. The molecular formula is C19H18O4. The summed E-state index contributed by atoms with van der Waals surface area (Å²) in [6, 6.07) is 13.0. The Morgan fingerprint density at radius 1 is 1.09 bits per heavy atom. The highest BCUT2D eigenvalue weighted by atomic mass is 16.5. The maximum atomic E-state index is 12.3. The van der Waals surface area contributed by atoms with Gasteiger partial charge in [-0.1, -0.05) is 36.4 Å². The number of allylic oxidation sites excluding steroid dienone is 2. The lowest BCUT2D eigenvalue weighted by Crippen LogP contribution is -2.03. The third-order valence-electron chi connectivity index (χ3n) is 4.05. The molecule has 1 aliphatic rings. The van der Waals surface area contributed by atoms with Gasteiger partial charge >= 0.3 is 0 Å². The quantitative estimate of drug-likeness (QED) is 0.695. The Morgan fingerprint density at radius 3 is 2.61 bits per heavy atom. The van der Waals surface area contributed by atoms with Gasteiger partial charge in [-0.25, -0.2) is 0 Å². The molecule has 0 aliphatic heterocycles. The van der Waals surface area contributed by atoms with E-state index in [2.05, 4.69) is 0 Å². The zero-order chi connectivity index (χ0) is 16.4. The van der Waals surface area contributed by atoms with Crippen LogP contribution < -0.4 is 9.47 Å². The number of ether oxygens (including phenoxy) is 2. The van der Waals surface area contributed by atoms with Crippen molar-refractivity contribution >= 4 is 11.4 Å². The summed E-state index contributed by atoms with van der Waals surface area (Å²) in [4.78, 5) is 12.3. The molecule has 0 saturated heterocycles. The summed E-state index contributed by atoms with van der Waals surface area (Å²) in [5.41, 5.74) is 2.95. The molecule has 0 spiro atoms. The molecule has 1 N–H and O–H groups in total. The van der Waals surface area contributed by atoms with Gasteiger partial charge in [-0.15, -0.1) is 0 Å². The second kappa shape index (κ2) is 6.16. The molecule has 1 aliphatic carbocycles. The fourth-order valence-corrected chi connectivity index (χ4v) is 3.01. The van der Waals surface area contributed by atoms with Crippen LogP contribution in [-0.2, 0) is 17.6 Å². The van der Waals surface area contributed by atoms with E-state index in [4.69, 9.17) is 9.47 Å². The van der Waals surface area contributed by atoms with Crippen molar-refractivity contribution in [2.24, 2.45) is 0 Å². The highest BCUT2D eigenvalue weighted by molar-refractivity contribution is 6.25. The number of aliphatic hydroxyl groups is 1. The average Bonchev–Trinajstić information content (AvgIpc) is 2.90. The first-order chi connectivity index (χ1) is 11.2. The Hall–Kier alpha value is -2.75. The number of methoxy groups -OCH3 is 2. The Morgan fingerprint density at radius 2 is 1.87 bits per heavy atom. The zero-order valence-electron chi connectivity index (χ0n) is 13.1. The highest BCUT2D eigenvalue weighted by Crippen LogP contribution is 2.35. The van der Waals surface area contributed by atoms with Crippen LogP contribution in [0.25, 0.3) is 5.57 Å². The summed E-state index contributed by atoms with van der Waals surface area (Å²) in [7, 11) is 3.12. The number of hydrogen-bond acceptors (Lipinski definition) is 4. The molecule has 0 aromatic heterocycles. The molecule has 2 aromatic carbocycles. The van der Waals surface area contributed by atoms with Gasteiger partial charge in [-0.2, -0.15) is 0 Å². The van der Waals surface area contributed by atoms with Crippen LogP contribution in [0, 0.1) is 0 Å². The van der Waals surface area contributed by atoms with Gasteiger partial charge in [0.1, 0.15) is 5.76 Å². The van der Waals surface area contributed by atoms with E-state index in [1.165, 1.54) is 0 Å². The van der Waals surface area contributed by atoms with E-state index >= 15 is 0 Å². The smallest absolute Gasteiger partial charge is 0.171 e. The Bertz CT molecular complexity index is 790. The van der Waals surface area contributed by atoms with Crippen LogP contribution in [0.1, 0.15) is 16.7 Å². The molecule has 0 atom stereocenters. The third kappa shape index (κ3) is 2.68. The number of ketones is 1. The van der Waals surface area contributed by atoms with Gasteiger partial charge < -0.3 is 14.6 Å². The standard InChI is InChI=1S/C19H18O4/c1-22-17-9-5-7-13(19(17)23-2)11-16(21)18-14-8-4-3-6-12(14)10-15(18)20/h3-9,21H,10-11H2,1-2H3. The molecule has 0 bridgehead atoms. The van der Waals surface area contributed by atoms with Crippen molar-refractivity contribution in [3.05, 3.63) is 64.9 Å². The molecule has 4 nitrogen and oxygen atoms in total. The normalized spacial score (nSPS) is 15.3. The first-order valence-electron chi connectivity index (χ1n) is 7.39. The van der Waals surface area contributed by atoms with Crippen LogP contribution in [0.15, 0.2) is 48.2 Å². The predicted molar refractivity (Wildman–Crippen MR) is 88.0 cm³/mol. The predicted octanol–water partition coefficient (Wildman–Crippen LogP) is 3.34. The second-order valence-corrected chi connectivity index (χ2v) is 5.41. The molecular weight excluding hydrogens is 292 g/mol. The van der Waals surface area contributed by atoms with E-state index < -0.39 is 0 Å². The molecule has 0 radical (unpaired) electrons. The highest BCUT2D eigenvalue weighted by Gasteiger charge is 2.27. The van der Waals surface area contributed by atoms with Crippen molar-refractivity contribution in [3.63, 3.8) is 0 Å². The maximum Gasteiger partial charge on any atom is 0.171 e. The largest absolute Gasteiger partial charge is 0.511 e. The van der Waals surface area contributed by atoms with E-state index in [0.29, 0.717) is 23.5 Å². The number of carbonyl (C=O) groups is 1. The van der Waals surface area contributed by atoms with Crippen molar-refractivity contribution in [2.45, 2.75) is 12.8 Å². The molecule has 0 amide bonds. The average molecular weight is 310 g/mol. The molecule has 2 aromatic rings. The SMILES string of the molecule is COc1cccc(CC(O)=C2C(=O)Cc3ccccc32)c1OC. The first-order valence-corrected chi connectivity index (χ1v) is 7.39. The lowest BCUT2D eigenvalue weighted by molar-refractivity contribution is -0.112. The number of benzene rings is 2. The number of fused-ring (bicyclic) bond motifs is 1. The number of para-hydroxylation sites is 1. The van der Waals surface area contributed by atoms with Gasteiger partial charge in [-0.3, -0.25) is 4.79 Å². The first kappa shape index (κ1) is 15.2. The van der Waals surface area contributed by atoms with Gasteiger partial charge in [0.15, 0.2) is 17.3 Å². The molecule has 0 unspecified atom stereocenters. The molecule has 118 valence electrons. The second-order valence-electron chi connectivity index (χ2n) is 5.41. The van der Waals surface area contributed by atoms with Crippen LogP contribution in [0.2, 0.25) is 0 Å². The van der Waals surface area contributed by atoms with Gasteiger partial charge in [0.2, 0.25) is 0 Å². The number of Topliss-reactive ketones (excluding diaryl/α,β-unsaturated/α-hetero) is 1. The van der Waals surface area contributed by atoms with Crippen LogP contribution in [0.4, 0.5) is 0 Å². The Labute approximate surface area is 135 Å². The molecule has 23 heavy (non-hydrogen) atoms. The Kier molecular flexibility index (Phi) is 4.06. The van der Waals surface area contributed by atoms with E-state index in [9.17, 15) is 9.90 Å². The van der Waals surface area contributed by atoms with E-state index in [0.717, 1.165) is 16.7 Å². The topological polar surface area (TPSA) is 55.8 Å². The van der Waals surface area contributed by atoms with Gasteiger partial charge in [0.05, 0.1) is 19.8 Å². The van der Waals surface area contributed by atoms with E-state index in [1.54, 1.807) is 20.3 Å². The fourth-order valence-electron chi connectivity index (χ4n) is 3.01. The minimum atomic E-state index is -0.0504. The van der Waals surface area contributed by atoms with Crippen LogP contribution in [-0.4, -0.2) is 25.1 Å². The number of rotatable bonds is 4. The van der Waals surface area contributed by atoms with Crippen molar-refractivity contribution in [3.8, 4) is 11.5 Å². The van der Waals surface area contributed by atoms with Crippen LogP contribution >= 0.6 is 0 Å². The van der Waals surface area contributed by atoms with E-state index in [1.807, 2.05) is 36.4 Å². The van der Waals surface area contributed by atoms with Crippen LogP contribution in [0.5, 0.6) is 11.5 Å². The van der Waals surface area contributed by atoms with Crippen LogP contribution in [0.3, 0.4) is 0 Å². The number of aliphatic hydroxyl groups excluding tert-OH is 1. The van der Waals surface area contributed by atoms with Gasteiger partial charge in [-0.05, 0) is 17.2 Å². The number of carbonyl (C=O) groups excluding carboxylic acids is 1. The van der Waals surface area contributed by atoms with Gasteiger partial charge in [0.25, 0.3) is 0 Å². The molecule has 0 saturated carbocycles. The summed E-state index contributed by atoms with van der Waals surface area (Å²) in [5.74, 6) is 1.18. The molecule has 0 fully saturated rings. The molecule has 3 rings (SSSR count). The summed E-state index contributed by atoms with van der Waals surface area (Å²) in [6.07, 6.45) is 0.556. The molecule has 4 heteroatoms. The van der Waals surface area contributed by atoms with Crippen molar-refractivity contribution in [1.29, 1.82) is 0 Å². The fraction of sp³-hybridized carbons (Fsp3) is 0.211. The lowest BCUT2D eigenvalue weighted by atomic mass is 10.0.